The van der Waals surface area contributed by atoms with Crippen LogP contribution in [0.3, 0.4) is 0 Å². The van der Waals surface area contributed by atoms with Crippen molar-refractivity contribution in [2.45, 2.75) is 56.5 Å². The number of aliphatic hydroxyl groups is 1. The van der Waals surface area contributed by atoms with Crippen molar-refractivity contribution >= 4 is 52.3 Å². The average Bonchev–Trinajstić information content (AvgIpc) is 3.26. The van der Waals surface area contributed by atoms with Gasteiger partial charge in [-0.2, -0.15) is 11.8 Å². The van der Waals surface area contributed by atoms with Gasteiger partial charge < -0.3 is 42.6 Å². The second kappa shape index (κ2) is 14.4. The zero-order valence-corrected chi connectivity index (χ0v) is 21.9. The normalized spacial score (nSPS) is 15.1. The summed E-state index contributed by atoms with van der Waals surface area (Å²) in [7, 11) is 0. The van der Waals surface area contributed by atoms with Gasteiger partial charge in [-0.05, 0) is 37.0 Å². The molecule has 13 nitrogen and oxygen atoms in total. The number of thioether (sulfide) groups is 1. The third-order valence-electron chi connectivity index (χ3n) is 5.78. The number of carboxylic acids is 1. The molecule has 0 bridgehead atoms. The highest BCUT2D eigenvalue weighted by Gasteiger charge is 2.33. The van der Waals surface area contributed by atoms with Crippen molar-refractivity contribution in [1.82, 2.24) is 20.9 Å². The molecule has 1 aromatic heterocycles. The number of benzene rings is 1. The monoisotopic (exact) mass is 550 g/mol. The molecule has 208 valence electrons. The molecule has 0 aliphatic carbocycles. The number of carboxylic acid groups (broad SMARTS) is 1. The lowest BCUT2D eigenvalue weighted by atomic mass is 10.0. The van der Waals surface area contributed by atoms with Crippen molar-refractivity contribution in [2.24, 2.45) is 11.5 Å². The van der Waals surface area contributed by atoms with E-state index in [1.807, 2.05) is 18.2 Å². The Balaban J connectivity index is 2.14. The fourth-order valence-corrected chi connectivity index (χ4v) is 4.21. The molecular formula is C24H34N6O7S. The third kappa shape index (κ3) is 8.75. The molecule has 5 unspecified atom stereocenters. The first kappa shape index (κ1) is 30.6. The lowest BCUT2D eigenvalue weighted by Gasteiger charge is -2.26. The summed E-state index contributed by atoms with van der Waals surface area (Å²) in [5.41, 5.74) is 12.2. The second-order valence-corrected chi connectivity index (χ2v) is 9.80. The van der Waals surface area contributed by atoms with Gasteiger partial charge >= 0.3 is 5.97 Å². The number of para-hydroxylation sites is 1. The molecule has 1 aromatic carbocycles. The lowest BCUT2D eigenvalue weighted by Crippen LogP contribution is -2.60. The predicted molar refractivity (Wildman–Crippen MR) is 142 cm³/mol. The van der Waals surface area contributed by atoms with Gasteiger partial charge in [0.1, 0.15) is 18.1 Å². The van der Waals surface area contributed by atoms with Crippen molar-refractivity contribution < 1.29 is 34.2 Å². The quantitative estimate of drug-likeness (QED) is 0.130. The maximum Gasteiger partial charge on any atom is 0.326 e. The number of nitrogens with one attached hydrogen (secondary N) is 4. The number of aromatic amines is 1. The Morgan fingerprint density at radius 3 is 2.29 bits per heavy atom. The number of fused-ring (bicyclic) bond motifs is 1. The Kier molecular flexibility index (Phi) is 11.6. The molecule has 0 radical (unpaired) electrons. The zero-order chi connectivity index (χ0) is 28.4. The number of primary amides is 1. The van der Waals surface area contributed by atoms with E-state index in [1.165, 1.54) is 18.7 Å². The van der Waals surface area contributed by atoms with Crippen LogP contribution in [-0.4, -0.2) is 87.1 Å². The minimum atomic E-state index is -1.51. The molecule has 0 aliphatic rings. The summed E-state index contributed by atoms with van der Waals surface area (Å²) in [6.45, 7) is 1.26. The van der Waals surface area contributed by atoms with E-state index in [2.05, 4.69) is 20.9 Å². The standard InChI is InChI=1S/C24H34N6O7S/c1-12(31)20(30-22(34)17(7-8-38-2)28-21(33)15(25)10-19(26)32)23(35)29-18(24(36)37)9-13-11-27-16-6-4-3-5-14(13)16/h3-6,11-12,15,17-18,20,27,31H,7-10,25H2,1-2H3,(H2,26,32)(H,28,33)(H,29,35)(H,30,34)(H,36,37). The van der Waals surface area contributed by atoms with Crippen molar-refractivity contribution in [1.29, 1.82) is 0 Å². The largest absolute Gasteiger partial charge is 0.480 e. The first-order chi connectivity index (χ1) is 17.9. The van der Waals surface area contributed by atoms with E-state index in [0.717, 1.165) is 10.9 Å². The van der Waals surface area contributed by atoms with Gasteiger partial charge in [0.15, 0.2) is 0 Å². The Hall–Kier alpha value is -3.62. The van der Waals surface area contributed by atoms with Gasteiger partial charge in [-0.3, -0.25) is 19.2 Å². The Morgan fingerprint density at radius 1 is 1.03 bits per heavy atom. The Bertz CT molecular complexity index is 1150. The number of rotatable bonds is 15. The van der Waals surface area contributed by atoms with Gasteiger partial charge in [0, 0.05) is 23.5 Å². The molecule has 14 heteroatoms. The lowest BCUT2D eigenvalue weighted by molar-refractivity contribution is -0.143. The molecule has 1 heterocycles. The van der Waals surface area contributed by atoms with Crippen LogP contribution < -0.4 is 27.4 Å². The maximum absolute atomic E-state index is 13.0. The third-order valence-corrected chi connectivity index (χ3v) is 6.42. The summed E-state index contributed by atoms with van der Waals surface area (Å²) < 4.78 is 0. The van der Waals surface area contributed by atoms with Gasteiger partial charge in [0.2, 0.25) is 23.6 Å². The zero-order valence-electron chi connectivity index (χ0n) is 21.1. The SMILES string of the molecule is CSCCC(NC(=O)C(N)CC(N)=O)C(=O)NC(C(=O)NC(Cc1c[nH]c2ccccc12)C(=O)O)C(C)O. The molecule has 10 N–H and O–H groups in total. The summed E-state index contributed by atoms with van der Waals surface area (Å²) in [4.78, 5) is 64.4. The minimum Gasteiger partial charge on any atom is -0.480 e. The van der Waals surface area contributed by atoms with Crippen LogP contribution in [0.1, 0.15) is 25.3 Å². The van der Waals surface area contributed by atoms with E-state index in [0.29, 0.717) is 11.3 Å². The first-order valence-corrected chi connectivity index (χ1v) is 13.2. The van der Waals surface area contributed by atoms with Crippen molar-refractivity contribution in [3.63, 3.8) is 0 Å². The van der Waals surface area contributed by atoms with Crippen LogP contribution in [0.25, 0.3) is 10.9 Å². The fraction of sp³-hybridized carbons (Fsp3) is 0.458. The molecule has 38 heavy (non-hydrogen) atoms. The van der Waals surface area contributed by atoms with Gasteiger partial charge in [0.25, 0.3) is 0 Å². The molecule has 2 aromatic rings. The molecule has 0 aliphatic heterocycles. The average molecular weight is 551 g/mol. The van der Waals surface area contributed by atoms with E-state index in [9.17, 15) is 34.2 Å². The van der Waals surface area contributed by atoms with Gasteiger partial charge in [-0.1, -0.05) is 18.2 Å². The number of aliphatic carboxylic acids is 1. The van der Waals surface area contributed by atoms with Gasteiger partial charge in [-0.15, -0.1) is 0 Å². The van der Waals surface area contributed by atoms with E-state index >= 15 is 0 Å². The smallest absolute Gasteiger partial charge is 0.326 e. The number of amides is 4. The maximum atomic E-state index is 13.0. The molecule has 4 amide bonds. The predicted octanol–water partition coefficient (Wildman–Crippen LogP) is -1.41. The van der Waals surface area contributed by atoms with Gasteiger partial charge in [-0.25, -0.2) is 4.79 Å². The molecular weight excluding hydrogens is 516 g/mol. The summed E-state index contributed by atoms with van der Waals surface area (Å²) >= 11 is 1.41. The number of hydrogen-bond acceptors (Lipinski definition) is 8. The molecule has 2 rings (SSSR count). The van der Waals surface area contributed by atoms with Crippen LogP contribution in [0.4, 0.5) is 0 Å². The molecule has 0 fully saturated rings. The number of carbonyl (C=O) groups excluding carboxylic acids is 4. The number of hydrogen-bond donors (Lipinski definition) is 8. The van der Waals surface area contributed by atoms with E-state index in [4.69, 9.17) is 11.5 Å². The van der Waals surface area contributed by atoms with Crippen molar-refractivity contribution in [3.8, 4) is 0 Å². The molecule has 0 saturated carbocycles. The molecule has 5 atom stereocenters. The highest BCUT2D eigenvalue weighted by atomic mass is 32.2. The molecule has 0 saturated heterocycles. The number of aromatic nitrogens is 1. The first-order valence-electron chi connectivity index (χ1n) is 11.8. The van der Waals surface area contributed by atoms with Crippen molar-refractivity contribution in [3.05, 3.63) is 36.0 Å². The van der Waals surface area contributed by atoms with E-state index in [-0.39, 0.29) is 12.8 Å². The van der Waals surface area contributed by atoms with Gasteiger partial charge in [0.05, 0.1) is 18.6 Å². The van der Waals surface area contributed by atoms with Crippen LogP contribution in [0.5, 0.6) is 0 Å². The van der Waals surface area contributed by atoms with Crippen LogP contribution >= 0.6 is 11.8 Å². The van der Waals surface area contributed by atoms with Crippen LogP contribution in [-0.2, 0) is 30.4 Å². The number of carbonyl (C=O) groups is 5. The molecule has 0 spiro atoms. The van der Waals surface area contributed by atoms with Crippen LogP contribution in [0, 0.1) is 0 Å². The topological polar surface area (TPSA) is 230 Å². The van der Waals surface area contributed by atoms with Crippen LogP contribution in [0.15, 0.2) is 30.5 Å². The number of nitrogens with two attached hydrogens (primary N) is 2. The van der Waals surface area contributed by atoms with Crippen molar-refractivity contribution in [2.75, 3.05) is 12.0 Å². The summed E-state index contributed by atoms with van der Waals surface area (Å²) in [6.07, 6.45) is 1.75. The van der Waals surface area contributed by atoms with E-state index < -0.39 is 66.3 Å². The number of H-pyrrole nitrogens is 1. The highest BCUT2D eigenvalue weighted by molar-refractivity contribution is 7.98. The fourth-order valence-electron chi connectivity index (χ4n) is 3.73. The Labute approximate surface area is 223 Å². The summed E-state index contributed by atoms with van der Waals surface area (Å²) in [5.74, 6) is -4.12. The Morgan fingerprint density at radius 2 is 1.68 bits per heavy atom. The summed E-state index contributed by atoms with van der Waals surface area (Å²) in [5, 5.41) is 27.9. The summed E-state index contributed by atoms with van der Waals surface area (Å²) in [6, 6.07) is 2.02. The number of aliphatic hydroxyl groups excluding tert-OH is 1. The highest BCUT2D eigenvalue weighted by Crippen LogP contribution is 2.19. The van der Waals surface area contributed by atoms with Crippen LogP contribution in [0.2, 0.25) is 0 Å². The minimum absolute atomic E-state index is 0.0459. The van der Waals surface area contributed by atoms with E-state index in [1.54, 1.807) is 18.5 Å². The second-order valence-electron chi connectivity index (χ2n) is 8.81.